The van der Waals surface area contributed by atoms with E-state index in [9.17, 15) is 19.2 Å². The highest BCUT2D eigenvalue weighted by Crippen LogP contribution is 2.39. The van der Waals surface area contributed by atoms with E-state index in [-0.39, 0.29) is 23.8 Å². The van der Waals surface area contributed by atoms with Crippen molar-refractivity contribution in [3.63, 3.8) is 0 Å². The van der Waals surface area contributed by atoms with Crippen LogP contribution in [0.1, 0.15) is 139 Å². The number of thiophene rings is 2. The first-order chi connectivity index (χ1) is 20.9. The van der Waals surface area contributed by atoms with Gasteiger partial charge >= 0.3 is 11.9 Å². The minimum Gasteiger partial charge on any atom is -0.462 e. The van der Waals surface area contributed by atoms with Gasteiger partial charge in [-0.25, -0.2) is 9.59 Å². The lowest BCUT2D eigenvalue weighted by molar-refractivity contribution is -0.117. The van der Waals surface area contributed by atoms with Gasteiger partial charge in [-0.05, 0) is 89.2 Å². The molecule has 0 saturated carbocycles. The molecule has 2 aromatic heterocycles. The molecular weight excluding hydrogens is 585 g/mol. The van der Waals surface area contributed by atoms with Crippen molar-refractivity contribution in [3.05, 3.63) is 32.0 Å². The van der Waals surface area contributed by atoms with Gasteiger partial charge in [0.05, 0.1) is 24.3 Å². The van der Waals surface area contributed by atoms with Gasteiger partial charge in [0, 0.05) is 22.6 Å². The lowest BCUT2D eigenvalue weighted by atomic mass is 10.1. The summed E-state index contributed by atoms with van der Waals surface area (Å²) in [5, 5.41) is 7.27. The van der Waals surface area contributed by atoms with E-state index in [0.717, 1.165) is 107 Å². The lowest BCUT2D eigenvalue weighted by Crippen LogP contribution is -2.15. The van der Waals surface area contributed by atoms with Crippen LogP contribution in [0, 0.1) is 0 Å². The summed E-state index contributed by atoms with van der Waals surface area (Å²) >= 11 is 3.06. The van der Waals surface area contributed by atoms with E-state index in [4.69, 9.17) is 9.47 Å². The van der Waals surface area contributed by atoms with Crippen molar-refractivity contribution >= 4 is 56.4 Å². The van der Waals surface area contributed by atoms with Gasteiger partial charge in [-0.2, -0.15) is 0 Å². The lowest BCUT2D eigenvalue weighted by Gasteiger charge is -2.09. The van der Waals surface area contributed by atoms with E-state index < -0.39 is 0 Å². The van der Waals surface area contributed by atoms with E-state index >= 15 is 0 Å². The van der Waals surface area contributed by atoms with Gasteiger partial charge in [0.2, 0.25) is 11.8 Å². The average Bonchev–Trinajstić information content (AvgIpc) is 3.25. The topological polar surface area (TPSA) is 111 Å². The number of fused-ring (bicyclic) bond motifs is 2. The number of carbonyl (C=O) groups excluding carboxylic acids is 4. The van der Waals surface area contributed by atoms with Gasteiger partial charge < -0.3 is 20.1 Å². The molecule has 2 N–H and O–H groups in total. The largest absolute Gasteiger partial charge is 0.462 e. The first-order valence-electron chi connectivity index (χ1n) is 16.2. The van der Waals surface area contributed by atoms with Crippen molar-refractivity contribution in [2.45, 2.75) is 123 Å². The summed E-state index contributed by atoms with van der Waals surface area (Å²) in [6.45, 7) is 4.21. The fourth-order valence-corrected chi connectivity index (χ4v) is 8.57. The molecule has 0 aromatic carbocycles. The second-order valence-electron chi connectivity index (χ2n) is 11.3. The molecule has 0 saturated heterocycles. The van der Waals surface area contributed by atoms with Crippen LogP contribution >= 0.6 is 22.7 Å². The summed E-state index contributed by atoms with van der Waals surface area (Å²) in [6.07, 6.45) is 15.2. The molecule has 0 unspecified atom stereocenters. The van der Waals surface area contributed by atoms with Crippen molar-refractivity contribution in [2.75, 3.05) is 23.8 Å². The molecule has 0 radical (unpaired) electrons. The molecule has 4 rings (SSSR count). The highest BCUT2D eigenvalue weighted by molar-refractivity contribution is 7.17. The number of anilines is 2. The summed E-state index contributed by atoms with van der Waals surface area (Å²) < 4.78 is 10.6. The molecule has 0 aliphatic heterocycles. The zero-order valence-electron chi connectivity index (χ0n) is 25.7. The van der Waals surface area contributed by atoms with Crippen LogP contribution in [0.25, 0.3) is 0 Å². The van der Waals surface area contributed by atoms with E-state index in [0.29, 0.717) is 47.2 Å². The molecule has 2 aliphatic rings. The standard InChI is InChI=1S/C33H46N2O6S2/c1-3-40-32(38)28-22-16-10-8-12-18-24(22)42-30(28)34-26(36)20-14-6-5-7-15-21-27(37)35-31-29(33(39)41-4-2)23-17-11-9-13-19-25(23)43-31/h3-21H2,1-2H3,(H,34,36)(H,35,37). The van der Waals surface area contributed by atoms with E-state index in [1.54, 1.807) is 13.8 Å². The molecule has 2 heterocycles. The number of ether oxygens (including phenoxy) is 2. The van der Waals surface area contributed by atoms with Crippen LogP contribution in [0.5, 0.6) is 0 Å². The molecule has 0 atom stereocenters. The Hall–Kier alpha value is -2.72. The van der Waals surface area contributed by atoms with Gasteiger partial charge in [0.1, 0.15) is 10.0 Å². The first kappa shape index (κ1) is 33.2. The predicted molar refractivity (Wildman–Crippen MR) is 173 cm³/mol. The van der Waals surface area contributed by atoms with Crippen molar-refractivity contribution < 1.29 is 28.7 Å². The van der Waals surface area contributed by atoms with E-state index in [2.05, 4.69) is 10.6 Å². The summed E-state index contributed by atoms with van der Waals surface area (Å²) in [5.74, 6) is -0.832. The van der Waals surface area contributed by atoms with Crippen LogP contribution in [0.3, 0.4) is 0 Å². The van der Waals surface area contributed by atoms with Crippen molar-refractivity contribution in [3.8, 4) is 0 Å². The maximum Gasteiger partial charge on any atom is 0.341 e. The summed E-state index contributed by atoms with van der Waals surface area (Å²) in [5.41, 5.74) is 3.24. The Balaban J connectivity index is 1.19. The van der Waals surface area contributed by atoms with Crippen molar-refractivity contribution in [2.24, 2.45) is 0 Å². The van der Waals surface area contributed by atoms with Gasteiger partial charge in [-0.1, -0.05) is 32.1 Å². The fraction of sp³-hybridized carbons (Fsp3) is 0.636. The van der Waals surface area contributed by atoms with Gasteiger partial charge in [-0.15, -0.1) is 22.7 Å². The number of nitrogens with one attached hydrogen (secondary N) is 2. The molecule has 0 fully saturated rings. The number of esters is 2. The first-order valence-corrected chi connectivity index (χ1v) is 17.8. The molecule has 8 nitrogen and oxygen atoms in total. The number of unbranched alkanes of at least 4 members (excludes halogenated alkanes) is 4. The number of hydrogen-bond donors (Lipinski definition) is 2. The van der Waals surface area contributed by atoms with Gasteiger partial charge in [0.25, 0.3) is 0 Å². The predicted octanol–water partition coefficient (Wildman–Crippen LogP) is 8.01. The third-order valence-electron chi connectivity index (χ3n) is 8.12. The normalized spacial score (nSPS) is 14.6. The number of carbonyl (C=O) groups is 4. The summed E-state index contributed by atoms with van der Waals surface area (Å²) in [6, 6.07) is 0. The molecule has 0 bridgehead atoms. The van der Waals surface area contributed by atoms with Gasteiger partial charge in [0.15, 0.2) is 0 Å². The molecule has 2 aromatic rings. The quantitative estimate of drug-likeness (QED) is 0.124. The second kappa shape index (κ2) is 16.9. The van der Waals surface area contributed by atoms with Crippen LogP contribution in [0.15, 0.2) is 0 Å². The molecule has 2 amide bonds. The van der Waals surface area contributed by atoms with Crippen LogP contribution in [-0.4, -0.2) is 37.0 Å². The number of hydrogen-bond acceptors (Lipinski definition) is 8. The Labute approximate surface area is 263 Å². The Kier molecular flexibility index (Phi) is 13.1. The smallest absolute Gasteiger partial charge is 0.341 e. The monoisotopic (exact) mass is 630 g/mol. The highest BCUT2D eigenvalue weighted by Gasteiger charge is 2.28. The molecule has 10 heteroatoms. The van der Waals surface area contributed by atoms with E-state index in [1.165, 1.54) is 32.4 Å². The van der Waals surface area contributed by atoms with Crippen LogP contribution in [0.2, 0.25) is 0 Å². The zero-order valence-corrected chi connectivity index (χ0v) is 27.3. The highest BCUT2D eigenvalue weighted by atomic mass is 32.1. The SMILES string of the molecule is CCOC(=O)c1c(NC(=O)CCCCCCCC(=O)Nc2sc3c(c2C(=O)OCC)CCCCC3)sc2c1CCCCC2. The summed E-state index contributed by atoms with van der Waals surface area (Å²) in [4.78, 5) is 53.3. The van der Waals surface area contributed by atoms with Crippen molar-refractivity contribution in [1.29, 1.82) is 0 Å². The number of amides is 2. The van der Waals surface area contributed by atoms with Crippen molar-refractivity contribution in [1.82, 2.24) is 0 Å². The fourth-order valence-electron chi connectivity index (χ4n) is 5.98. The average molecular weight is 631 g/mol. The Morgan fingerprint density at radius 2 is 0.977 bits per heavy atom. The van der Waals surface area contributed by atoms with E-state index in [1.807, 2.05) is 0 Å². The van der Waals surface area contributed by atoms with Crippen LogP contribution in [0.4, 0.5) is 10.0 Å². The number of rotatable bonds is 14. The minimum absolute atomic E-state index is 0.0758. The molecule has 0 spiro atoms. The third-order valence-corrected chi connectivity index (χ3v) is 10.5. The maximum absolute atomic E-state index is 12.7. The summed E-state index contributed by atoms with van der Waals surface area (Å²) in [7, 11) is 0. The second-order valence-corrected chi connectivity index (χ2v) is 13.6. The van der Waals surface area contributed by atoms with Gasteiger partial charge in [-0.3, -0.25) is 9.59 Å². The third kappa shape index (κ3) is 9.14. The zero-order chi connectivity index (χ0) is 30.6. The minimum atomic E-state index is -0.340. The Bertz CT molecular complexity index is 1180. The molecular formula is C33H46N2O6S2. The Morgan fingerprint density at radius 3 is 1.40 bits per heavy atom. The molecule has 236 valence electrons. The molecule has 2 aliphatic carbocycles. The Morgan fingerprint density at radius 1 is 0.581 bits per heavy atom. The van der Waals surface area contributed by atoms with Crippen LogP contribution in [-0.2, 0) is 44.7 Å². The molecule has 43 heavy (non-hydrogen) atoms. The number of aryl methyl sites for hydroxylation is 2. The maximum atomic E-state index is 12.7. The van der Waals surface area contributed by atoms with Crippen LogP contribution < -0.4 is 10.6 Å².